The van der Waals surface area contributed by atoms with Gasteiger partial charge in [0, 0.05) is 24.1 Å². The number of nitrogens with one attached hydrogen (secondary N) is 1. The van der Waals surface area contributed by atoms with Crippen molar-refractivity contribution in [3.05, 3.63) is 29.8 Å². The van der Waals surface area contributed by atoms with E-state index in [-0.39, 0.29) is 5.60 Å². The van der Waals surface area contributed by atoms with Crippen LogP contribution in [0.5, 0.6) is 5.75 Å². The average molecular weight is 287 g/mol. The molecule has 0 saturated heterocycles. The quantitative estimate of drug-likeness (QED) is 0.851. The maximum atomic E-state index is 6.14. The Hall–Kier alpha value is -1.02. The average Bonchev–Trinajstić information content (AvgIpc) is 2.36. The Morgan fingerprint density at radius 2 is 1.71 bits per heavy atom. The molecule has 1 aromatic rings. The van der Waals surface area contributed by atoms with Crippen molar-refractivity contribution in [3.8, 4) is 5.75 Å². The maximum absolute atomic E-state index is 6.14. The Morgan fingerprint density at radius 1 is 1.05 bits per heavy atom. The van der Waals surface area contributed by atoms with Gasteiger partial charge >= 0.3 is 0 Å². The molecule has 1 heterocycles. The third-order valence-corrected chi connectivity index (χ3v) is 4.99. The highest BCUT2D eigenvalue weighted by atomic mass is 16.5. The molecule has 1 aliphatic heterocycles. The lowest BCUT2D eigenvalue weighted by Crippen LogP contribution is -2.44. The topological polar surface area (TPSA) is 21.3 Å². The fourth-order valence-corrected chi connectivity index (χ4v) is 4.32. The molecule has 2 aliphatic rings. The number of benzene rings is 1. The van der Waals surface area contributed by atoms with Crippen molar-refractivity contribution in [1.29, 1.82) is 0 Å². The normalized spacial score (nSPS) is 34.9. The molecule has 2 nitrogen and oxygen atoms in total. The molecule has 0 bridgehead atoms. The van der Waals surface area contributed by atoms with Gasteiger partial charge in [-0.3, -0.25) is 0 Å². The Kier molecular flexibility index (Phi) is 4.00. The van der Waals surface area contributed by atoms with Crippen LogP contribution in [0.1, 0.15) is 65.0 Å². The van der Waals surface area contributed by atoms with Crippen LogP contribution in [0.3, 0.4) is 0 Å². The largest absolute Gasteiger partial charge is 0.487 e. The van der Waals surface area contributed by atoms with Crippen molar-refractivity contribution in [2.24, 2.45) is 11.8 Å². The van der Waals surface area contributed by atoms with Crippen molar-refractivity contribution < 1.29 is 4.74 Å². The summed E-state index contributed by atoms with van der Waals surface area (Å²) in [6.07, 6.45) is 5.05. The first-order chi connectivity index (χ1) is 9.93. The van der Waals surface area contributed by atoms with Crippen LogP contribution >= 0.6 is 0 Å². The molecule has 0 spiro atoms. The summed E-state index contributed by atoms with van der Waals surface area (Å²) in [7, 11) is 0. The third kappa shape index (κ3) is 3.42. The van der Waals surface area contributed by atoms with E-state index in [1.807, 2.05) is 0 Å². The zero-order valence-electron chi connectivity index (χ0n) is 13.9. The molecular formula is C19H29NO. The van der Waals surface area contributed by atoms with Crippen LogP contribution in [0.25, 0.3) is 0 Å². The zero-order valence-corrected chi connectivity index (χ0v) is 13.9. The van der Waals surface area contributed by atoms with Gasteiger partial charge < -0.3 is 10.1 Å². The number of hydrogen-bond acceptors (Lipinski definition) is 2. The summed E-state index contributed by atoms with van der Waals surface area (Å²) in [6.45, 7) is 9.19. The fourth-order valence-electron chi connectivity index (χ4n) is 4.32. The van der Waals surface area contributed by atoms with Crippen LogP contribution < -0.4 is 10.1 Å². The van der Waals surface area contributed by atoms with Crippen molar-refractivity contribution in [2.75, 3.05) is 0 Å². The number of ether oxygens (including phenoxy) is 1. The van der Waals surface area contributed by atoms with Crippen molar-refractivity contribution >= 4 is 0 Å². The van der Waals surface area contributed by atoms with Gasteiger partial charge in [0.15, 0.2) is 0 Å². The van der Waals surface area contributed by atoms with Crippen molar-refractivity contribution in [1.82, 2.24) is 5.32 Å². The molecule has 0 radical (unpaired) electrons. The molecule has 1 aromatic carbocycles. The lowest BCUT2D eigenvalue weighted by molar-refractivity contribution is 0.0603. The van der Waals surface area contributed by atoms with E-state index >= 15 is 0 Å². The first kappa shape index (κ1) is 14.9. The number of rotatable bonds is 2. The summed E-state index contributed by atoms with van der Waals surface area (Å²) in [5.74, 6) is 2.74. The van der Waals surface area contributed by atoms with E-state index < -0.39 is 0 Å². The van der Waals surface area contributed by atoms with E-state index in [1.54, 1.807) is 0 Å². The minimum absolute atomic E-state index is 0.0854. The van der Waals surface area contributed by atoms with Gasteiger partial charge in [-0.2, -0.15) is 0 Å². The summed E-state index contributed by atoms with van der Waals surface area (Å²) in [5.41, 5.74) is 1.25. The second-order valence-electron chi connectivity index (χ2n) is 7.94. The second-order valence-corrected chi connectivity index (χ2v) is 7.94. The number of para-hydroxylation sites is 1. The first-order valence-electron chi connectivity index (χ1n) is 8.47. The molecule has 1 aliphatic carbocycles. The molecule has 0 amide bonds. The Bertz CT molecular complexity index is 486. The number of fused-ring (bicyclic) bond motifs is 1. The van der Waals surface area contributed by atoms with Gasteiger partial charge in [0.25, 0.3) is 0 Å². The summed E-state index contributed by atoms with van der Waals surface area (Å²) in [6, 6.07) is 9.60. The lowest BCUT2D eigenvalue weighted by Gasteiger charge is -2.41. The van der Waals surface area contributed by atoms with Crippen LogP contribution in [0, 0.1) is 11.8 Å². The van der Waals surface area contributed by atoms with Gasteiger partial charge in [-0.05, 0) is 51.0 Å². The standard InChI is InChI=1S/C19H29NO/c1-13-9-14(2)11-15(10-13)20-17-12-19(3,4)21-18-8-6-5-7-16(17)18/h5-8,13-15,17,20H,9-12H2,1-4H3. The van der Waals surface area contributed by atoms with E-state index in [9.17, 15) is 0 Å². The molecule has 3 rings (SSSR count). The summed E-state index contributed by atoms with van der Waals surface area (Å²) in [5, 5.41) is 3.95. The minimum atomic E-state index is -0.0854. The van der Waals surface area contributed by atoms with E-state index in [0.717, 1.165) is 24.0 Å². The first-order valence-corrected chi connectivity index (χ1v) is 8.47. The predicted molar refractivity (Wildman–Crippen MR) is 87.6 cm³/mol. The third-order valence-electron chi connectivity index (χ3n) is 4.99. The van der Waals surface area contributed by atoms with Crippen LogP contribution in [0.4, 0.5) is 0 Å². The SMILES string of the molecule is CC1CC(C)CC(NC2CC(C)(C)Oc3ccccc32)C1. The molecule has 2 heteroatoms. The molecule has 1 saturated carbocycles. The van der Waals surface area contributed by atoms with Gasteiger partial charge in [0.1, 0.15) is 11.4 Å². The second kappa shape index (κ2) is 5.64. The van der Waals surface area contributed by atoms with Crippen LogP contribution in [0.15, 0.2) is 24.3 Å². The Balaban J connectivity index is 1.78. The van der Waals surface area contributed by atoms with Gasteiger partial charge in [0.2, 0.25) is 0 Å². The molecule has 3 unspecified atom stereocenters. The molecule has 1 fully saturated rings. The van der Waals surface area contributed by atoms with Gasteiger partial charge in [0.05, 0.1) is 0 Å². The molecule has 0 aromatic heterocycles. The fraction of sp³-hybridized carbons (Fsp3) is 0.684. The summed E-state index contributed by atoms with van der Waals surface area (Å²) in [4.78, 5) is 0. The van der Waals surface area contributed by atoms with E-state index in [0.29, 0.717) is 12.1 Å². The van der Waals surface area contributed by atoms with Gasteiger partial charge in [-0.1, -0.05) is 32.0 Å². The minimum Gasteiger partial charge on any atom is -0.487 e. The molecular weight excluding hydrogens is 258 g/mol. The summed E-state index contributed by atoms with van der Waals surface area (Å²) >= 11 is 0. The van der Waals surface area contributed by atoms with E-state index in [1.165, 1.54) is 24.8 Å². The van der Waals surface area contributed by atoms with Crippen LogP contribution in [-0.2, 0) is 0 Å². The van der Waals surface area contributed by atoms with Gasteiger partial charge in [-0.25, -0.2) is 0 Å². The van der Waals surface area contributed by atoms with Crippen molar-refractivity contribution in [3.63, 3.8) is 0 Å². The monoisotopic (exact) mass is 287 g/mol. The molecule has 116 valence electrons. The Morgan fingerprint density at radius 3 is 2.43 bits per heavy atom. The molecule has 21 heavy (non-hydrogen) atoms. The van der Waals surface area contributed by atoms with Crippen molar-refractivity contribution in [2.45, 2.75) is 71.1 Å². The molecule has 3 atom stereocenters. The van der Waals surface area contributed by atoms with E-state index in [2.05, 4.69) is 57.3 Å². The highest BCUT2D eigenvalue weighted by molar-refractivity contribution is 5.38. The van der Waals surface area contributed by atoms with Gasteiger partial charge in [-0.15, -0.1) is 0 Å². The highest BCUT2D eigenvalue weighted by Gasteiger charge is 2.35. The Labute approximate surface area is 129 Å². The van der Waals surface area contributed by atoms with Crippen LogP contribution in [-0.4, -0.2) is 11.6 Å². The number of hydrogen-bond donors (Lipinski definition) is 1. The smallest absolute Gasteiger partial charge is 0.124 e. The highest BCUT2D eigenvalue weighted by Crippen LogP contribution is 2.40. The summed E-state index contributed by atoms with van der Waals surface area (Å²) < 4.78 is 6.14. The van der Waals surface area contributed by atoms with Crippen LogP contribution in [0.2, 0.25) is 0 Å². The zero-order chi connectivity index (χ0) is 15.0. The lowest BCUT2D eigenvalue weighted by atomic mass is 9.79. The predicted octanol–water partition coefficient (Wildman–Crippen LogP) is 4.70. The van der Waals surface area contributed by atoms with E-state index in [4.69, 9.17) is 4.74 Å². The molecule has 1 N–H and O–H groups in total. The maximum Gasteiger partial charge on any atom is 0.124 e.